The Bertz CT molecular complexity index is 2520. The second-order valence-electron chi connectivity index (χ2n) is 11.6. The second-order valence-corrected chi connectivity index (χ2v) is 13.7. The molecule has 5 heterocycles. The number of aromatic carboxylic acids is 1. The van der Waals surface area contributed by atoms with Crippen molar-refractivity contribution in [2.75, 3.05) is 25.3 Å². The van der Waals surface area contributed by atoms with Crippen LogP contribution in [0.1, 0.15) is 26.3 Å². The van der Waals surface area contributed by atoms with Gasteiger partial charge >= 0.3 is 5.97 Å². The molecule has 0 aliphatic carbocycles. The number of pyridine rings is 3. The summed E-state index contributed by atoms with van der Waals surface area (Å²) in [6.07, 6.45) is 10.4. The topological polar surface area (TPSA) is 190 Å². The van der Waals surface area contributed by atoms with Crippen LogP contribution in [0.3, 0.4) is 0 Å². The van der Waals surface area contributed by atoms with Crippen molar-refractivity contribution < 1.29 is 31.9 Å². The number of carbonyl (C=O) groups excluding carboxylic acids is 1. The van der Waals surface area contributed by atoms with Crippen LogP contribution in [-0.4, -0.2) is 84.2 Å². The fraction of sp³-hybridized carbons (Fsp3) is 0.114. The van der Waals surface area contributed by atoms with Gasteiger partial charge in [0.25, 0.3) is 5.91 Å². The van der Waals surface area contributed by atoms with Gasteiger partial charge in [-0.15, -0.1) is 0 Å². The molecule has 53 heavy (non-hydrogen) atoms. The number of rotatable bonds is 10. The van der Waals surface area contributed by atoms with E-state index >= 15 is 0 Å². The van der Waals surface area contributed by atoms with Gasteiger partial charge < -0.3 is 15.7 Å². The Labute approximate surface area is 300 Å². The molecule has 18 heteroatoms. The summed E-state index contributed by atoms with van der Waals surface area (Å²) in [5.41, 5.74) is 3.64. The molecule has 0 radical (unpaired) electrons. The Kier molecular flexibility index (Phi) is 10.4. The van der Waals surface area contributed by atoms with Gasteiger partial charge in [-0.25, -0.2) is 40.6 Å². The molecule has 0 aliphatic rings. The highest BCUT2D eigenvalue weighted by molar-refractivity contribution is 7.89. The first-order valence-corrected chi connectivity index (χ1v) is 17.3. The molecule has 270 valence electrons. The smallest absolute Gasteiger partial charge is 0.338 e. The number of anilines is 1. The zero-order valence-electron chi connectivity index (χ0n) is 28.1. The molecule has 3 N–H and O–H groups in total. The number of aromatic nitrogens is 7. The third kappa shape index (κ3) is 8.13. The van der Waals surface area contributed by atoms with Crippen LogP contribution in [0.15, 0.2) is 104 Å². The van der Waals surface area contributed by atoms with E-state index in [1.807, 2.05) is 0 Å². The summed E-state index contributed by atoms with van der Waals surface area (Å²) in [4.78, 5) is 36.1. The molecule has 5 aromatic heterocycles. The largest absolute Gasteiger partial charge is 0.478 e. The highest BCUT2D eigenvalue weighted by Crippen LogP contribution is 2.22. The van der Waals surface area contributed by atoms with E-state index in [-0.39, 0.29) is 35.5 Å². The zero-order chi connectivity index (χ0) is 37.7. The number of halogens is 2. The zero-order valence-corrected chi connectivity index (χ0v) is 28.9. The first-order valence-electron chi connectivity index (χ1n) is 15.7. The molecule has 7 rings (SSSR count). The molecule has 15 nitrogen and oxygen atoms in total. The van der Waals surface area contributed by atoms with Crippen LogP contribution in [0.25, 0.3) is 33.2 Å². The van der Waals surface area contributed by atoms with E-state index in [1.54, 1.807) is 59.7 Å². The lowest BCUT2D eigenvalue weighted by atomic mass is 10.1. The van der Waals surface area contributed by atoms with Gasteiger partial charge in [-0.05, 0) is 60.2 Å². The number of nitrogens with zero attached hydrogens (tertiary/aromatic N) is 8. The third-order valence-electron chi connectivity index (χ3n) is 7.88. The van der Waals surface area contributed by atoms with Crippen molar-refractivity contribution in [2.45, 2.75) is 6.54 Å². The molecular weight excluding hydrogens is 711 g/mol. The average Bonchev–Trinajstić information content (AvgIpc) is 3.79. The van der Waals surface area contributed by atoms with Crippen molar-refractivity contribution in [3.05, 3.63) is 132 Å². The monoisotopic (exact) mass is 740 g/mol. The van der Waals surface area contributed by atoms with Crippen LogP contribution < -0.4 is 10.6 Å². The lowest BCUT2D eigenvalue weighted by Gasteiger charge is -2.12. The van der Waals surface area contributed by atoms with E-state index < -0.39 is 16.0 Å². The van der Waals surface area contributed by atoms with Gasteiger partial charge in [0.1, 0.15) is 23.3 Å². The van der Waals surface area contributed by atoms with Gasteiger partial charge in [0.15, 0.2) is 0 Å². The summed E-state index contributed by atoms with van der Waals surface area (Å²) in [6, 6.07) is 15.0. The number of carbonyl (C=O) groups is 2. The maximum atomic E-state index is 13.2. The predicted molar refractivity (Wildman–Crippen MR) is 191 cm³/mol. The van der Waals surface area contributed by atoms with Gasteiger partial charge in [-0.1, -0.05) is 6.07 Å². The van der Waals surface area contributed by atoms with E-state index in [4.69, 9.17) is 5.11 Å². The number of sulfonamides is 1. The van der Waals surface area contributed by atoms with Gasteiger partial charge in [0.05, 0.1) is 58.3 Å². The van der Waals surface area contributed by atoms with Crippen molar-refractivity contribution in [3.8, 4) is 11.4 Å². The van der Waals surface area contributed by atoms with E-state index in [1.165, 1.54) is 67.8 Å². The highest BCUT2D eigenvalue weighted by atomic mass is 32.2. The van der Waals surface area contributed by atoms with Crippen LogP contribution in [0, 0.1) is 11.6 Å². The summed E-state index contributed by atoms with van der Waals surface area (Å²) in [5.74, 6) is -1.96. The van der Waals surface area contributed by atoms with Gasteiger partial charge in [0, 0.05) is 50.0 Å². The molecule has 0 aliphatic heterocycles. The van der Waals surface area contributed by atoms with E-state index in [9.17, 15) is 26.8 Å². The number of hydrogen-bond donors (Lipinski definition) is 3. The van der Waals surface area contributed by atoms with Crippen molar-refractivity contribution >= 4 is 49.5 Å². The molecule has 1 amide bonds. The molecule has 0 spiro atoms. The Morgan fingerprint density at radius 2 is 1.26 bits per heavy atom. The molecule has 7 aromatic rings. The number of nitrogens with one attached hydrogen (secondary N) is 2. The van der Waals surface area contributed by atoms with E-state index in [2.05, 4.69) is 35.8 Å². The first-order chi connectivity index (χ1) is 25.4. The van der Waals surface area contributed by atoms with Gasteiger partial charge in [0.2, 0.25) is 10.0 Å². The lowest BCUT2D eigenvalue weighted by molar-refractivity contribution is 0.0698. The van der Waals surface area contributed by atoms with Crippen LogP contribution in [0.2, 0.25) is 0 Å². The minimum absolute atomic E-state index is 0.0888. The number of fused-ring (bicyclic) bond motifs is 2. The standard InChI is InChI=1S/C22H22FN7O3S.C13H8FN3O2/c1-29(2)34(32,33)14-27-21-8-3-15(9-25-21)10-26-22(31)19-11-24-13-20-18(19)12-28-30(20)17-6-4-16(23)5-7-17;14-8-1-3-9(4-2-8)17-12-7-15-5-11(13(18)19)10(12)6-16-17/h3-9,11-13H,10,14H2,1-2H3,(H,25,27)(H,26,31);1-7H,(H,18,19). The van der Waals surface area contributed by atoms with Gasteiger partial charge in [-0.3, -0.25) is 14.8 Å². The number of carboxylic acid groups (broad SMARTS) is 1. The minimum Gasteiger partial charge on any atom is -0.478 e. The summed E-state index contributed by atoms with van der Waals surface area (Å²) in [6.45, 7) is 0.213. The third-order valence-corrected chi connectivity index (χ3v) is 9.50. The molecule has 0 bridgehead atoms. The Balaban J connectivity index is 0.000000213. The normalized spacial score (nSPS) is 11.3. The maximum absolute atomic E-state index is 13.2. The van der Waals surface area contributed by atoms with Gasteiger partial charge in [-0.2, -0.15) is 10.2 Å². The molecule has 0 unspecified atom stereocenters. The van der Waals surface area contributed by atoms with Crippen molar-refractivity contribution in [3.63, 3.8) is 0 Å². The fourth-order valence-corrected chi connectivity index (χ4v) is 5.60. The predicted octanol–water partition coefficient (Wildman–Crippen LogP) is 4.40. The van der Waals surface area contributed by atoms with Crippen molar-refractivity contribution in [1.82, 2.24) is 44.1 Å². The summed E-state index contributed by atoms with van der Waals surface area (Å²) >= 11 is 0. The molecule has 0 fully saturated rings. The average molecular weight is 741 g/mol. The second kappa shape index (κ2) is 15.3. The van der Waals surface area contributed by atoms with E-state index in [0.717, 1.165) is 9.87 Å². The van der Waals surface area contributed by atoms with Crippen molar-refractivity contribution in [1.29, 1.82) is 0 Å². The molecule has 0 saturated carbocycles. The van der Waals surface area contributed by atoms with Crippen LogP contribution in [0.4, 0.5) is 14.6 Å². The Morgan fingerprint density at radius 1 is 0.736 bits per heavy atom. The number of benzene rings is 2. The molecular formula is C35H30F2N10O5S. The maximum Gasteiger partial charge on any atom is 0.338 e. The highest BCUT2D eigenvalue weighted by Gasteiger charge is 2.17. The fourth-order valence-electron chi connectivity index (χ4n) is 5.02. The van der Waals surface area contributed by atoms with Crippen LogP contribution >= 0.6 is 0 Å². The minimum atomic E-state index is -3.40. The number of amides is 1. The SMILES string of the molecule is CN(C)S(=O)(=O)CNc1ccc(CNC(=O)c2cncc3c2cnn3-c2ccc(F)cc2)cn1.O=C(O)c1cncc2c1cnn2-c1ccc(F)cc1. The summed E-state index contributed by atoms with van der Waals surface area (Å²) < 4.78 is 54.0. The van der Waals surface area contributed by atoms with Crippen LogP contribution in [0.5, 0.6) is 0 Å². The Hall–Kier alpha value is -6.66. The van der Waals surface area contributed by atoms with Crippen molar-refractivity contribution in [2.24, 2.45) is 0 Å². The lowest BCUT2D eigenvalue weighted by Crippen LogP contribution is -2.28. The quantitative estimate of drug-likeness (QED) is 0.180. The number of carboxylic acids is 1. The number of hydrogen-bond acceptors (Lipinski definition) is 10. The molecule has 0 atom stereocenters. The van der Waals surface area contributed by atoms with Crippen LogP contribution in [-0.2, 0) is 16.6 Å². The summed E-state index contributed by atoms with van der Waals surface area (Å²) in [7, 11) is -0.482. The first kappa shape index (κ1) is 36.1. The Morgan fingerprint density at radius 3 is 1.75 bits per heavy atom. The molecule has 0 saturated heterocycles. The summed E-state index contributed by atoms with van der Waals surface area (Å²) in [5, 5.41) is 24.2. The molecule has 2 aromatic carbocycles. The van der Waals surface area contributed by atoms with E-state index in [0.29, 0.717) is 44.6 Å².